The summed E-state index contributed by atoms with van der Waals surface area (Å²) in [6.45, 7) is 10.4. The lowest BCUT2D eigenvalue weighted by Crippen LogP contribution is -2.30. The van der Waals surface area contributed by atoms with Crippen LogP contribution in [0.5, 0.6) is 0 Å². The number of benzene rings is 2. The molecule has 0 N–H and O–H groups in total. The van der Waals surface area contributed by atoms with Crippen molar-refractivity contribution in [2.24, 2.45) is 0 Å². The van der Waals surface area contributed by atoms with Crippen LogP contribution in [-0.4, -0.2) is 10.3 Å². The molecule has 2 rings (SSSR count). The average Bonchev–Trinajstić information content (AvgIpc) is 2.46. The third kappa shape index (κ3) is 3.62. The van der Waals surface area contributed by atoms with Crippen LogP contribution in [0.25, 0.3) is 0 Å². The molecule has 0 aromatic heterocycles. The van der Waals surface area contributed by atoms with Gasteiger partial charge < -0.3 is 4.57 Å². The molecule has 0 bridgehead atoms. The Labute approximate surface area is 142 Å². The van der Waals surface area contributed by atoms with E-state index in [2.05, 4.69) is 77.9 Å². The van der Waals surface area contributed by atoms with Crippen LogP contribution in [0.2, 0.25) is 0 Å². The molecule has 23 heavy (non-hydrogen) atoms. The number of hydrogen-bond donors (Lipinski definition) is 0. The van der Waals surface area contributed by atoms with E-state index in [0.717, 1.165) is 5.30 Å². The highest BCUT2D eigenvalue weighted by atomic mass is 32.1. The lowest BCUT2D eigenvalue weighted by atomic mass is 10.3. The van der Waals surface area contributed by atoms with Crippen molar-refractivity contribution in [3.05, 3.63) is 60.7 Å². The van der Waals surface area contributed by atoms with Crippen molar-refractivity contribution in [3.8, 4) is 0 Å². The van der Waals surface area contributed by atoms with Crippen molar-refractivity contribution in [2.75, 3.05) is 0 Å². The molecule has 1 nitrogen and oxygen atoms in total. The summed E-state index contributed by atoms with van der Waals surface area (Å²) in [6.07, 6.45) is 0. The standard InChI is InChI=1S/C20H28OP2/c1-19(2,3)22(17-13-9-7-10-14-17)23(21,20(4,5)6)18-15-11-8-12-16-18/h7-16H,1-6H3. The number of hydrogen-bond acceptors (Lipinski definition) is 1. The van der Waals surface area contributed by atoms with Gasteiger partial charge in [-0.05, 0) is 18.1 Å². The monoisotopic (exact) mass is 346 g/mol. The van der Waals surface area contributed by atoms with Crippen LogP contribution in [0.15, 0.2) is 60.7 Å². The Morgan fingerprint density at radius 3 is 1.57 bits per heavy atom. The summed E-state index contributed by atoms with van der Waals surface area (Å²) in [6, 6.07) is 20.6. The fourth-order valence-corrected chi connectivity index (χ4v) is 14.4. The van der Waals surface area contributed by atoms with Crippen LogP contribution in [0.4, 0.5) is 0 Å². The predicted octanol–water partition coefficient (Wildman–Crippen LogP) is 5.99. The molecule has 0 spiro atoms. The SMILES string of the molecule is CC(C)(C)P(c1ccccc1)P(=O)(c1ccccc1)C(C)(C)C. The van der Waals surface area contributed by atoms with Gasteiger partial charge in [0.25, 0.3) is 0 Å². The van der Waals surface area contributed by atoms with Crippen LogP contribution in [0.1, 0.15) is 41.5 Å². The maximum absolute atomic E-state index is 14.6. The summed E-state index contributed by atoms with van der Waals surface area (Å²) in [4.78, 5) is 0. The van der Waals surface area contributed by atoms with Crippen molar-refractivity contribution < 1.29 is 4.57 Å². The van der Waals surface area contributed by atoms with E-state index in [1.165, 1.54) is 5.30 Å². The van der Waals surface area contributed by atoms with Gasteiger partial charge in [-0.15, -0.1) is 0 Å². The molecule has 2 aromatic rings. The Morgan fingerprint density at radius 1 is 0.739 bits per heavy atom. The van der Waals surface area contributed by atoms with Gasteiger partial charge in [-0.3, -0.25) is 0 Å². The van der Waals surface area contributed by atoms with Gasteiger partial charge in [-0.2, -0.15) is 0 Å². The third-order valence-corrected chi connectivity index (χ3v) is 16.0. The average molecular weight is 346 g/mol. The van der Waals surface area contributed by atoms with Gasteiger partial charge in [0.1, 0.15) is 6.83 Å². The minimum Gasteiger partial charge on any atom is -0.313 e. The summed E-state index contributed by atoms with van der Waals surface area (Å²) < 4.78 is 14.6. The summed E-state index contributed by atoms with van der Waals surface area (Å²) in [5, 5.41) is 1.94. The first-order valence-corrected chi connectivity index (χ1v) is 11.9. The van der Waals surface area contributed by atoms with Crippen molar-refractivity contribution >= 4 is 25.0 Å². The largest absolute Gasteiger partial charge is 0.313 e. The van der Waals surface area contributed by atoms with E-state index in [0.29, 0.717) is 0 Å². The molecular formula is C20H28OP2. The summed E-state index contributed by atoms with van der Waals surface area (Å²) in [5.41, 5.74) is 0. The molecule has 0 heterocycles. The fraction of sp³-hybridized carbons (Fsp3) is 0.400. The van der Waals surface area contributed by atoms with Gasteiger partial charge in [0.15, 0.2) is 0 Å². The molecule has 2 aromatic carbocycles. The first-order chi connectivity index (χ1) is 10.6. The first kappa shape index (κ1) is 18.4. The van der Waals surface area contributed by atoms with E-state index in [1.54, 1.807) is 0 Å². The van der Waals surface area contributed by atoms with Gasteiger partial charge in [-0.25, -0.2) is 0 Å². The van der Waals surface area contributed by atoms with E-state index in [4.69, 9.17) is 0 Å². The van der Waals surface area contributed by atoms with Crippen LogP contribution in [0, 0.1) is 0 Å². The van der Waals surface area contributed by atoms with Gasteiger partial charge in [0.2, 0.25) is 0 Å². The van der Waals surface area contributed by atoms with Crippen molar-refractivity contribution in [3.63, 3.8) is 0 Å². The summed E-state index contributed by atoms with van der Waals surface area (Å²) >= 11 is 0. The Kier molecular flexibility index (Phi) is 5.24. The van der Waals surface area contributed by atoms with Gasteiger partial charge in [0.05, 0.1) is 0 Å². The maximum atomic E-state index is 14.6. The normalized spacial score (nSPS) is 16.6. The van der Waals surface area contributed by atoms with E-state index in [1.807, 2.05) is 24.3 Å². The van der Waals surface area contributed by atoms with Crippen molar-refractivity contribution in [1.29, 1.82) is 0 Å². The van der Waals surface area contributed by atoms with Gasteiger partial charge >= 0.3 is 0 Å². The molecular weight excluding hydrogens is 318 g/mol. The van der Waals surface area contributed by atoms with Crippen LogP contribution in [0.3, 0.4) is 0 Å². The molecule has 0 saturated heterocycles. The van der Waals surface area contributed by atoms with Crippen molar-refractivity contribution in [1.82, 2.24) is 0 Å². The minimum atomic E-state index is -2.64. The second-order valence-electron chi connectivity index (χ2n) is 7.90. The zero-order chi connectivity index (χ0) is 17.3. The second kappa shape index (κ2) is 6.54. The third-order valence-electron chi connectivity index (χ3n) is 3.93. The molecule has 0 aliphatic rings. The molecule has 124 valence electrons. The lowest BCUT2D eigenvalue weighted by molar-refractivity contribution is 0.566. The van der Waals surface area contributed by atoms with Crippen molar-refractivity contribution in [2.45, 2.75) is 51.9 Å². The predicted molar refractivity (Wildman–Crippen MR) is 106 cm³/mol. The molecule has 2 atom stereocenters. The molecule has 3 heteroatoms. The summed E-state index contributed by atoms with van der Waals surface area (Å²) in [5.74, 6) is 0. The zero-order valence-corrected chi connectivity index (χ0v) is 16.9. The topological polar surface area (TPSA) is 17.1 Å². The molecule has 0 aliphatic heterocycles. The Hall–Kier alpha value is -0.900. The molecule has 0 amide bonds. The Bertz CT molecular complexity index is 679. The fourth-order valence-electron chi connectivity index (χ4n) is 2.97. The van der Waals surface area contributed by atoms with E-state index in [-0.39, 0.29) is 10.3 Å². The van der Waals surface area contributed by atoms with E-state index >= 15 is 0 Å². The number of rotatable bonds is 3. The van der Waals surface area contributed by atoms with Gasteiger partial charge in [-0.1, -0.05) is 102 Å². The van der Waals surface area contributed by atoms with Gasteiger partial charge in [0, 0.05) is 10.5 Å². The Balaban J connectivity index is 2.77. The maximum Gasteiger partial charge on any atom is 0.145 e. The summed E-state index contributed by atoms with van der Waals surface area (Å²) in [7, 11) is -0.851. The van der Waals surface area contributed by atoms with E-state index in [9.17, 15) is 4.57 Å². The highest BCUT2D eigenvalue weighted by Gasteiger charge is 2.49. The minimum absolute atomic E-state index is 0.0324. The van der Waals surface area contributed by atoms with Crippen LogP contribution in [-0.2, 0) is 4.57 Å². The molecule has 0 fully saturated rings. The lowest BCUT2D eigenvalue weighted by Gasteiger charge is -2.44. The van der Waals surface area contributed by atoms with E-state index < -0.39 is 14.4 Å². The van der Waals surface area contributed by atoms with Crippen LogP contribution < -0.4 is 10.6 Å². The van der Waals surface area contributed by atoms with Crippen LogP contribution >= 0.6 is 14.4 Å². The molecule has 0 aliphatic carbocycles. The second-order valence-corrected chi connectivity index (χ2v) is 16.3. The zero-order valence-electron chi connectivity index (χ0n) is 15.1. The first-order valence-electron chi connectivity index (χ1n) is 8.10. The smallest absolute Gasteiger partial charge is 0.145 e. The highest BCUT2D eigenvalue weighted by Crippen LogP contribution is 2.84. The molecule has 0 radical (unpaired) electrons. The Morgan fingerprint density at radius 2 is 1.17 bits per heavy atom. The molecule has 2 unspecified atom stereocenters. The highest BCUT2D eigenvalue weighted by molar-refractivity contribution is 8.39. The quantitative estimate of drug-likeness (QED) is 0.624. The molecule has 0 saturated carbocycles.